The minimum Gasteiger partial charge on any atom is -0.467 e. The number of hydrogen-bond acceptors (Lipinski definition) is 6. The van der Waals surface area contributed by atoms with E-state index >= 15 is 0 Å². The predicted molar refractivity (Wildman–Crippen MR) is 85.2 cm³/mol. The number of aryl methyl sites for hydroxylation is 1. The van der Waals surface area contributed by atoms with E-state index in [2.05, 4.69) is 20.4 Å². The van der Waals surface area contributed by atoms with Gasteiger partial charge in [-0.3, -0.25) is 4.68 Å². The third-order valence-corrected chi connectivity index (χ3v) is 3.97. The molecular formula is C16H16FN5O2. The molecule has 2 aromatic heterocycles. The Morgan fingerprint density at radius 3 is 3.17 bits per heavy atom. The number of hydrogen-bond donors (Lipinski definition) is 1. The van der Waals surface area contributed by atoms with Gasteiger partial charge in [0.05, 0.1) is 18.2 Å². The molecule has 0 saturated heterocycles. The van der Waals surface area contributed by atoms with Crippen LogP contribution in [0.1, 0.15) is 11.1 Å². The molecule has 24 heavy (non-hydrogen) atoms. The van der Waals surface area contributed by atoms with Gasteiger partial charge in [-0.25, -0.2) is 14.4 Å². The summed E-state index contributed by atoms with van der Waals surface area (Å²) in [4.78, 5) is 8.46. The van der Waals surface area contributed by atoms with Crippen molar-refractivity contribution in [1.29, 1.82) is 0 Å². The van der Waals surface area contributed by atoms with Gasteiger partial charge in [-0.15, -0.1) is 0 Å². The normalized spacial score (nSPS) is 13.6. The fourth-order valence-corrected chi connectivity index (χ4v) is 2.86. The summed E-state index contributed by atoms with van der Waals surface area (Å²) in [7, 11) is 1.83. The van der Waals surface area contributed by atoms with E-state index in [1.54, 1.807) is 10.9 Å². The zero-order valence-corrected chi connectivity index (χ0v) is 13.1. The Bertz CT molecular complexity index is 896. The van der Waals surface area contributed by atoms with Gasteiger partial charge >= 0.3 is 0 Å². The van der Waals surface area contributed by atoms with Crippen molar-refractivity contribution < 1.29 is 13.9 Å². The third kappa shape index (κ3) is 2.65. The average molecular weight is 329 g/mol. The summed E-state index contributed by atoms with van der Waals surface area (Å²) in [5.74, 6) is 1.15. The van der Waals surface area contributed by atoms with Gasteiger partial charge < -0.3 is 14.8 Å². The lowest BCUT2D eigenvalue weighted by Gasteiger charge is -2.21. The molecule has 0 saturated carbocycles. The van der Waals surface area contributed by atoms with E-state index < -0.39 is 0 Å². The molecule has 0 fully saturated rings. The third-order valence-electron chi connectivity index (χ3n) is 3.97. The van der Waals surface area contributed by atoms with Gasteiger partial charge in [0.15, 0.2) is 12.4 Å². The topological polar surface area (TPSA) is 74.1 Å². The number of fused-ring (bicyclic) bond motifs is 2. The number of aromatic nitrogens is 4. The molecule has 7 nitrogen and oxygen atoms in total. The van der Waals surface area contributed by atoms with Crippen molar-refractivity contribution in [3.05, 3.63) is 41.6 Å². The molecule has 0 spiro atoms. The van der Waals surface area contributed by atoms with Crippen molar-refractivity contribution in [2.24, 2.45) is 7.05 Å². The number of nitrogens with zero attached hydrogens (tertiary/aromatic N) is 4. The van der Waals surface area contributed by atoms with E-state index in [9.17, 15) is 4.39 Å². The second-order valence-electron chi connectivity index (χ2n) is 5.57. The standard InChI is InChI=1S/C16H16FN5O2/c1-22-16-13(6-21-22)15(19-8-20-16)18-3-2-10-4-12(17)5-11-7-23-9-24-14(10)11/h4-6,8H,2-3,7,9H2,1H3,(H,18,19,20). The molecule has 1 aliphatic rings. The van der Waals surface area contributed by atoms with Crippen LogP contribution in [-0.2, 0) is 24.8 Å². The zero-order valence-electron chi connectivity index (χ0n) is 13.1. The van der Waals surface area contributed by atoms with Gasteiger partial charge in [-0.2, -0.15) is 5.10 Å². The lowest BCUT2D eigenvalue weighted by Crippen LogP contribution is -2.15. The zero-order chi connectivity index (χ0) is 16.5. The van der Waals surface area contributed by atoms with Crippen molar-refractivity contribution >= 4 is 16.9 Å². The fraction of sp³-hybridized carbons (Fsp3) is 0.312. The van der Waals surface area contributed by atoms with Crippen molar-refractivity contribution in [1.82, 2.24) is 19.7 Å². The van der Waals surface area contributed by atoms with Crippen molar-refractivity contribution in [3.8, 4) is 5.75 Å². The molecule has 0 amide bonds. The van der Waals surface area contributed by atoms with E-state index in [1.807, 2.05) is 7.05 Å². The number of nitrogens with one attached hydrogen (secondary N) is 1. The Morgan fingerprint density at radius 1 is 1.33 bits per heavy atom. The largest absolute Gasteiger partial charge is 0.467 e. The molecule has 3 heterocycles. The lowest BCUT2D eigenvalue weighted by atomic mass is 10.1. The minimum absolute atomic E-state index is 0.196. The lowest BCUT2D eigenvalue weighted by molar-refractivity contribution is -0.0172. The quantitative estimate of drug-likeness (QED) is 0.789. The van der Waals surface area contributed by atoms with Crippen LogP contribution in [0.25, 0.3) is 11.0 Å². The van der Waals surface area contributed by atoms with Gasteiger partial charge in [0, 0.05) is 19.2 Å². The number of benzene rings is 1. The highest BCUT2D eigenvalue weighted by Gasteiger charge is 2.17. The van der Waals surface area contributed by atoms with E-state index in [1.165, 1.54) is 18.5 Å². The molecule has 1 N–H and O–H groups in total. The Hall–Kier alpha value is -2.74. The second-order valence-corrected chi connectivity index (χ2v) is 5.57. The maximum atomic E-state index is 13.8. The molecule has 8 heteroatoms. The summed E-state index contributed by atoms with van der Waals surface area (Å²) in [6, 6.07) is 2.96. The second kappa shape index (κ2) is 6.04. The van der Waals surface area contributed by atoms with Gasteiger partial charge in [-0.1, -0.05) is 0 Å². The highest BCUT2D eigenvalue weighted by molar-refractivity contribution is 5.85. The molecule has 0 radical (unpaired) electrons. The molecule has 0 bridgehead atoms. The number of halogens is 1. The smallest absolute Gasteiger partial charge is 0.189 e. The van der Waals surface area contributed by atoms with E-state index in [0.29, 0.717) is 25.4 Å². The first kappa shape index (κ1) is 14.8. The Labute approximate surface area is 137 Å². The van der Waals surface area contributed by atoms with Gasteiger partial charge in [-0.05, 0) is 24.1 Å². The summed E-state index contributed by atoms with van der Waals surface area (Å²) in [5.41, 5.74) is 2.32. The van der Waals surface area contributed by atoms with Gasteiger partial charge in [0.2, 0.25) is 0 Å². The highest BCUT2D eigenvalue weighted by Crippen LogP contribution is 2.30. The molecule has 3 aromatic rings. The van der Waals surface area contributed by atoms with Crippen LogP contribution in [0.15, 0.2) is 24.7 Å². The van der Waals surface area contributed by atoms with Crippen LogP contribution in [0.2, 0.25) is 0 Å². The van der Waals surface area contributed by atoms with Gasteiger partial charge in [0.1, 0.15) is 23.7 Å². The van der Waals surface area contributed by atoms with Crippen molar-refractivity contribution in [2.45, 2.75) is 13.0 Å². The predicted octanol–water partition coefficient (Wildman–Crippen LogP) is 2.02. The first-order valence-corrected chi connectivity index (χ1v) is 7.61. The van der Waals surface area contributed by atoms with E-state index in [0.717, 1.165) is 27.9 Å². The summed E-state index contributed by atoms with van der Waals surface area (Å²) in [6.45, 7) is 1.15. The van der Waals surface area contributed by atoms with E-state index in [-0.39, 0.29) is 12.6 Å². The first-order chi connectivity index (χ1) is 11.7. The van der Waals surface area contributed by atoms with Crippen LogP contribution in [0.5, 0.6) is 5.75 Å². The Kier molecular flexibility index (Phi) is 3.73. The van der Waals surface area contributed by atoms with Crippen LogP contribution >= 0.6 is 0 Å². The maximum Gasteiger partial charge on any atom is 0.189 e. The molecular weight excluding hydrogens is 313 g/mol. The summed E-state index contributed by atoms with van der Waals surface area (Å²) >= 11 is 0. The molecule has 0 atom stereocenters. The molecule has 4 rings (SSSR count). The average Bonchev–Trinajstić information content (AvgIpc) is 2.97. The SMILES string of the molecule is Cn1ncc2c(NCCc3cc(F)cc4c3OCOC4)ncnc21. The van der Waals surface area contributed by atoms with Crippen molar-refractivity contribution in [2.75, 3.05) is 18.7 Å². The summed E-state index contributed by atoms with van der Waals surface area (Å²) in [5, 5.41) is 8.30. The van der Waals surface area contributed by atoms with Gasteiger partial charge in [0.25, 0.3) is 0 Å². The van der Waals surface area contributed by atoms with Crippen LogP contribution in [0, 0.1) is 5.82 Å². The fourth-order valence-electron chi connectivity index (χ4n) is 2.86. The molecule has 0 unspecified atom stereocenters. The van der Waals surface area contributed by atoms with Crippen LogP contribution in [-0.4, -0.2) is 33.1 Å². The van der Waals surface area contributed by atoms with Crippen LogP contribution < -0.4 is 10.1 Å². The van der Waals surface area contributed by atoms with E-state index in [4.69, 9.17) is 9.47 Å². The Balaban J connectivity index is 1.52. The first-order valence-electron chi connectivity index (χ1n) is 7.61. The molecule has 1 aromatic carbocycles. The van der Waals surface area contributed by atoms with Crippen LogP contribution in [0.4, 0.5) is 10.2 Å². The Morgan fingerprint density at radius 2 is 2.25 bits per heavy atom. The number of anilines is 1. The highest BCUT2D eigenvalue weighted by atomic mass is 19.1. The minimum atomic E-state index is -0.283. The molecule has 1 aliphatic heterocycles. The monoisotopic (exact) mass is 329 g/mol. The number of ether oxygens (including phenoxy) is 2. The summed E-state index contributed by atoms with van der Waals surface area (Å²) in [6.07, 6.45) is 3.82. The van der Waals surface area contributed by atoms with Crippen molar-refractivity contribution in [3.63, 3.8) is 0 Å². The molecule has 0 aliphatic carbocycles. The number of rotatable bonds is 4. The maximum absolute atomic E-state index is 13.8. The molecule has 124 valence electrons. The summed E-state index contributed by atoms with van der Waals surface area (Å²) < 4.78 is 26.2. The van der Waals surface area contributed by atoms with Crippen LogP contribution in [0.3, 0.4) is 0 Å².